The molecule has 2 aliphatic heterocycles. The molecular weight excluding hydrogens is 264 g/mol. The van der Waals surface area contributed by atoms with Gasteiger partial charge in [-0.05, 0) is 19.5 Å². The van der Waals surface area contributed by atoms with Gasteiger partial charge in [0.25, 0.3) is 0 Å². The molecule has 5 heteroatoms. The Morgan fingerprint density at radius 1 is 1.29 bits per heavy atom. The highest BCUT2D eigenvalue weighted by atomic mass is 16.5. The van der Waals surface area contributed by atoms with Crippen LogP contribution in [0, 0.1) is 0 Å². The topological polar surface area (TPSA) is 33.5 Å². The summed E-state index contributed by atoms with van der Waals surface area (Å²) >= 11 is 0. The van der Waals surface area contributed by atoms with E-state index in [1.165, 1.54) is 17.9 Å². The summed E-state index contributed by atoms with van der Waals surface area (Å²) in [5, 5.41) is 0. The van der Waals surface area contributed by atoms with Crippen molar-refractivity contribution in [3.05, 3.63) is 17.7 Å². The molecule has 0 bridgehead atoms. The van der Waals surface area contributed by atoms with Crippen molar-refractivity contribution in [2.75, 3.05) is 39.4 Å². The van der Waals surface area contributed by atoms with Crippen LogP contribution in [0.5, 0.6) is 0 Å². The van der Waals surface area contributed by atoms with Crippen molar-refractivity contribution in [2.24, 2.45) is 0 Å². The zero-order valence-corrected chi connectivity index (χ0v) is 13.4. The maximum Gasteiger partial charge on any atom is 0.110 e. The van der Waals surface area contributed by atoms with Crippen molar-refractivity contribution in [1.82, 2.24) is 19.4 Å². The summed E-state index contributed by atoms with van der Waals surface area (Å²) in [5.41, 5.74) is 1.37. The quantitative estimate of drug-likeness (QED) is 0.821. The van der Waals surface area contributed by atoms with Crippen molar-refractivity contribution in [2.45, 2.75) is 45.8 Å². The molecule has 0 unspecified atom stereocenters. The van der Waals surface area contributed by atoms with Crippen LogP contribution in [-0.2, 0) is 24.2 Å². The molecule has 0 N–H and O–H groups in total. The summed E-state index contributed by atoms with van der Waals surface area (Å²) in [5.74, 6) is 1.26. The van der Waals surface area contributed by atoms with Gasteiger partial charge in [-0.15, -0.1) is 0 Å². The fraction of sp³-hybridized carbons (Fsp3) is 0.812. The zero-order chi connectivity index (χ0) is 14.7. The standard InChI is InChI=1S/C16H28N4O/c1-3-18(4-2)12-15-11-17-16-5-7-19(8-9-20(15)16)14-6-10-21-13-14/h11,14H,3-10,12-13H2,1-2H3/t14-/m1/s1. The van der Waals surface area contributed by atoms with Crippen molar-refractivity contribution in [1.29, 1.82) is 0 Å². The maximum atomic E-state index is 5.54. The molecule has 21 heavy (non-hydrogen) atoms. The van der Waals surface area contributed by atoms with E-state index in [0.29, 0.717) is 6.04 Å². The average molecular weight is 292 g/mol. The zero-order valence-electron chi connectivity index (χ0n) is 13.4. The summed E-state index contributed by atoms with van der Waals surface area (Å²) in [6.07, 6.45) is 4.34. The SMILES string of the molecule is CCN(CC)Cc1cnc2n1CCN([C@@H]1CCOC1)CC2. The molecule has 118 valence electrons. The Balaban J connectivity index is 1.67. The summed E-state index contributed by atoms with van der Waals surface area (Å²) in [6, 6.07) is 0.626. The minimum Gasteiger partial charge on any atom is -0.380 e. The van der Waals surface area contributed by atoms with Crippen molar-refractivity contribution in [3.63, 3.8) is 0 Å². The second kappa shape index (κ2) is 6.90. The van der Waals surface area contributed by atoms with E-state index in [1.54, 1.807) is 0 Å². The number of hydrogen-bond acceptors (Lipinski definition) is 4. The third kappa shape index (κ3) is 3.30. The largest absolute Gasteiger partial charge is 0.380 e. The molecule has 0 aliphatic carbocycles. The van der Waals surface area contributed by atoms with E-state index in [1.807, 2.05) is 0 Å². The number of aromatic nitrogens is 2. The number of nitrogens with zero attached hydrogens (tertiary/aromatic N) is 4. The van der Waals surface area contributed by atoms with E-state index in [9.17, 15) is 0 Å². The number of imidazole rings is 1. The maximum absolute atomic E-state index is 5.54. The molecule has 1 fully saturated rings. The van der Waals surface area contributed by atoms with Crippen LogP contribution in [0.1, 0.15) is 31.8 Å². The van der Waals surface area contributed by atoms with Gasteiger partial charge in [0.05, 0.1) is 12.3 Å². The Labute approximate surface area is 127 Å². The van der Waals surface area contributed by atoms with Gasteiger partial charge in [0.1, 0.15) is 5.82 Å². The predicted octanol–water partition coefficient (Wildman–Crippen LogP) is 1.37. The van der Waals surface area contributed by atoms with Crippen LogP contribution in [0.4, 0.5) is 0 Å². The number of hydrogen-bond donors (Lipinski definition) is 0. The third-order valence-corrected chi connectivity index (χ3v) is 4.96. The number of fused-ring (bicyclic) bond motifs is 1. The van der Waals surface area contributed by atoms with Crippen molar-refractivity contribution in [3.8, 4) is 0 Å². The van der Waals surface area contributed by atoms with Gasteiger partial charge >= 0.3 is 0 Å². The molecule has 0 aromatic carbocycles. The Bertz CT molecular complexity index is 449. The molecule has 1 aromatic rings. The van der Waals surface area contributed by atoms with Crippen LogP contribution in [0.2, 0.25) is 0 Å². The minimum atomic E-state index is 0.626. The second-order valence-corrected chi connectivity index (χ2v) is 6.08. The first kappa shape index (κ1) is 15.0. The molecule has 0 amide bonds. The molecule has 2 aliphatic rings. The Morgan fingerprint density at radius 2 is 2.14 bits per heavy atom. The van der Waals surface area contributed by atoms with E-state index in [-0.39, 0.29) is 0 Å². The number of ether oxygens (including phenoxy) is 1. The molecule has 0 radical (unpaired) electrons. The van der Waals surface area contributed by atoms with Crippen LogP contribution >= 0.6 is 0 Å². The monoisotopic (exact) mass is 292 g/mol. The minimum absolute atomic E-state index is 0.626. The highest BCUT2D eigenvalue weighted by Gasteiger charge is 2.26. The summed E-state index contributed by atoms with van der Waals surface area (Å²) < 4.78 is 8.00. The van der Waals surface area contributed by atoms with Crippen LogP contribution in [0.3, 0.4) is 0 Å². The van der Waals surface area contributed by atoms with Gasteiger partial charge in [0.2, 0.25) is 0 Å². The highest BCUT2D eigenvalue weighted by molar-refractivity contribution is 5.08. The molecule has 0 spiro atoms. The summed E-state index contributed by atoms with van der Waals surface area (Å²) in [4.78, 5) is 9.73. The van der Waals surface area contributed by atoms with E-state index >= 15 is 0 Å². The van der Waals surface area contributed by atoms with Crippen molar-refractivity contribution >= 4 is 0 Å². The molecule has 0 saturated carbocycles. The Morgan fingerprint density at radius 3 is 2.86 bits per heavy atom. The van der Waals surface area contributed by atoms with Crippen LogP contribution < -0.4 is 0 Å². The first-order valence-electron chi connectivity index (χ1n) is 8.39. The van der Waals surface area contributed by atoms with E-state index in [4.69, 9.17) is 4.74 Å². The summed E-state index contributed by atoms with van der Waals surface area (Å²) in [6.45, 7) is 12.8. The molecular formula is C16H28N4O. The van der Waals surface area contributed by atoms with E-state index in [2.05, 4.69) is 39.4 Å². The second-order valence-electron chi connectivity index (χ2n) is 6.08. The van der Waals surface area contributed by atoms with Crippen LogP contribution in [0.15, 0.2) is 6.20 Å². The van der Waals surface area contributed by atoms with Crippen molar-refractivity contribution < 1.29 is 4.74 Å². The molecule has 3 rings (SSSR count). The van der Waals surface area contributed by atoms with Crippen LogP contribution in [-0.4, -0.2) is 64.8 Å². The summed E-state index contributed by atoms with van der Waals surface area (Å²) in [7, 11) is 0. The lowest BCUT2D eigenvalue weighted by Crippen LogP contribution is -2.37. The molecule has 5 nitrogen and oxygen atoms in total. The van der Waals surface area contributed by atoms with Gasteiger partial charge in [-0.25, -0.2) is 4.98 Å². The van der Waals surface area contributed by atoms with Gasteiger partial charge in [-0.2, -0.15) is 0 Å². The Kier molecular flexibility index (Phi) is 4.93. The lowest BCUT2D eigenvalue weighted by atomic mass is 10.2. The lowest BCUT2D eigenvalue weighted by molar-refractivity contribution is 0.145. The van der Waals surface area contributed by atoms with Gasteiger partial charge < -0.3 is 9.30 Å². The van der Waals surface area contributed by atoms with E-state index < -0.39 is 0 Å². The molecule has 1 saturated heterocycles. The van der Waals surface area contributed by atoms with Crippen LogP contribution in [0.25, 0.3) is 0 Å². The smallest absolute Gasteiger partial charge is 0.110 e. The van der Waals surface area contributed by atoms with Gasteiger partial charge in [0.15, 0.2) is 0 Å². The number of rotatable bonds is 5. The first-order valence-corrected chi connectivity index (χ1v) is 8.39. The average Bonchev–Trinajstić information content (AvgIpc) is 3.12. The van der Waals surface area contributed by atoms with Gasteiger partial charge in [-0.1, -0.05) is 13.8 Å². The molecule has 1 atom stereocenters. The lowest BCUT2D eigenvalue weighted by Gasteiger charge is -2.25. The molecule has 3 heterocycles. The third-order valence-electron chi connectivity index (χ3n) is 4.96. The first-order chi connectivity index (χ1) is 10.3. The fourth-order valence-electron chi connectivity index (χ4n) is 3.49. The Hall–Kier alpha value is -0.910. The van der Waals surface area contributed by atoms with Gasteiger partial charge in [0, 0.05) is 51.4 Å². The highest BCUT2D eigenvalue weighted by Crippen LogP contribution is 2.18. The predicted molar refractivity (Wildman–Crippen MR) is 83.4 cm³/mol. The fourth-order valence-corrected chi connectivity index (χ4v) is 3.49. The normalized spacial score (nSPS) is 23.5. The van der Waals surface area contributed by atoms with Gasteiger partial charge in [-0.3, -0.25) is 9.80 Å². The van der Waals surface area contributed by atoms with E-state index in [0.717, 1.165) is 58.9 Å². The molecule has 1 aromatic heterocycles.